The highest BCUT2D eigenvalue weighted by Gasteiger charge is 1.90. The van der Waals surface area contributed by atoms with Gasteiger partial charge in [-0.05, 0) is 6.07 Å². The first kappa shape index (κ1) is 8.01. The molecule has 11 heavy (non-hydrogen) atoms. The summed E-state index contributed by atoms with van der Waals surface area (Å²) in [7, 11) is 0. The van der Waals surface area contributed by atoms with E-state index in [-0.39, 0.29) is 6.61 Å². The van der Waals surface area contributed by atoms with Crippen LogP contribution in [0.4, 0.5) is 0 Å². The zero-order valence-electron chi connectivity index (χ0n) is 6.19. The van der Waals surface area contributed by atoms with Crippen LogP contribution in [0.2, 0.25) is 0 Å². The first-order valence-electron chi connectivity index (χ1n) is 3.55. The fourth-order valence-electron chi connectivity index (χ4n) is 0.668. The molecule has 1 aromatic heterocycles. The summed E-state index contributed by atoms with van der Waals surface area (Å²) in [6, 6.07) is 5.44. The molecule has 0 N–H and O–H groups in total. The van der Waals surface area contributed by atoms with Gasteiger partial charge in [0.15, 0.2) is 0 Å². The van der Waals surface area contributed by atoms with Gasteiger partial charge in [0.2, 0.25) is 5.88 Å². The minimum Gasteiger partial charge on any atom is -0.478 e. The average molecular weight is 152 g/mol. The molecular weight excluding hydrogens is 142 g/mol. The highest BCUT2D eigenvalue weighted by molar-refractivity contribution is 5.08. The van der Waals surface area contributed by atoms with Crippen LogP contribution in [0, 0.1) is 0 Å². The van der Waals surface area contributed by atoms with Gasteiger partial charge in [-0.25, -0.2) is 10.1 Å². The first-order valence-corrected chi connectivity index (χ1v) is 3.55. The van der Waals surface area contributed by atoms with Crippen molar-refractivity contribution in [1.29, 1.82) is 0 Å². The minimum atomic E-state index is -0.0904. The third-order valence-electron chi connectivity index (χ3n) is 1.18. The van der Waals surface area contributed by atoms with Gasteiger partial charge in [-0.2, -0.15) is 0 Å². The molecule has 3 nitrogen and oxygen atoms in total. The van der Waals surface area contributed by atoms with E-state index in [2.05, 4.69) is 4.98 Å². The summed E-state index contributed by atoms with van der Waals surface area (Å²) >= 11 is 0. The zero-order valence-corrected chi connectivity index (χ0v) is 6.19. The van der Waals surface area contributed by atoms with Crippen LogP contribution in [0.25, 0.3) is 0 Å². The van der Waals surface area contributed by atoms with Gasteiger partial charge >= 0.3 is 0 Å². The van der Waals surface area contributed by atoms with E-state index in [1.165, 1.54) is 0 Å². The van der Waals surface area contributed by atoms with Gasteiger partial charge in [0.25, 0.3) is 0 Å². The second kappa shape index (κ2) is 4.68. The van der Waals surface area contributed by atoms with Crippen molar-refractivity contribution < 1.29 is 9.84 Å². The van der Waals surface area contributed by atoms with Crippen molar-refractivity contribution in [3.8, 4) is 5.88 Å². The van der Waals surface area contributed by atoms with E-state index in [1.54, 1.807) is 12.3 Å². The van der Waals surface area contributed by atoms with Crippen LogP contribution in [0.3, 0.4) is 0 Å². The van der Waals surface area contributed by atoms with Crippen molar-refractivity contribution in [2.75, 3.05) is 13.2 Å². The molecular formula is C8H10NO2. The van der Waals surface area contributed by atoms with E-state index in [0.717, 1.165) is 0 Å². The maximum Gasteiger partial charge on any atom is 0.213 e. The standard InChI is InChI=1S/C8H10NO2/c10-6-3-7-11-8-4-1-2-5-9-8/h1-2,4-5H,3,6-7H2. The number of rotatable bonds is 4. The van der Waals surface area contributed by atoms with Crippen LogP contribution in [0.1, 0.15) is 6.42 Å². The topological polar surface area (TPSA) is 42.0 Å². The van der Waals surface area contributed by atoms with Gasteiger partial charge in [0.05, 0.1) is 13.2 Å². The van der Waals surface area contributed by atoms with Gasteiger partial charge in [-0.1, -0.05) is 6.07 Å². The van der Waals surface area contributed by atoms with E-state index in [9.17, 15) is 5.11 Å². The monoisotopic (exact) mass is 152 g/mol. The second-order valence-electron chi connectivity index (χ2n) is 2.07. The Morgan fingerprint density at radius 1 is 1.45 bits per heavy atom. The number of ether oxygens (including phenoxy) is 1. The molecule has 1 radical (unpaired) electrons. The van der Waals surface area contributed by atoms with Crippen molar-refractivity contribution in [1.82, 2.24) is 4.98 Å². The quantitative estimate of drug-likeness (QED) is 0.610. The molecule has 0 fully saturated rings. The van der Waals surface area contributed by atoms with Crippen LogP contribution in [0.15, 0.2) is 24.4 Å². The van der Waals surface area contributed by atoms with E-state index < -0.39 is 0 Å². The lowest BCUT2D eigenvalue weighted by molar-refractivity contribution is 0.164. The Hall–Kier alpha value is -1.09. The third-order valence-corrected chi connectivity index (χ3v) is 1.18. The molecule has 0 amide bonds. The minimum absolute atomic E-state index is 0.0904. The van der Waals surface area contributed by atoms with Gasteiger partial charge in [-0.15, -0.1) is 0 Å². The first-order chi connectivity index (χ1) is 5.43. The van der Waals surface area contributed by atoms with Crippen molar-refractivity contribution in [2.45, 2.75) is 6.42 Å². The van der Waals surface area contributed by atoms with Gasteiger partial charge in [0, 0.05) is 18.7 Å². The van der Waals surface area contributed by atoms with Crippen LogP contribution >= 0.6 is 0 Å². The van der Waals surface area contributed by atoms with Crippen molar-refractivity contribution in [2.24, 2.45) is 0 Å². The highest BCUT2D eigenvalue weighted by Crippen LogP contribution is 2.02. The summed E-state index contributed by atoms with van der Waals surface area (Å²) in [5.41, 5.74) is 0. The molecule has 0 atom stereocenters. The van der Waals surface area contributed by atoms with Crippen LogP contribution < -0.4 is 4.74 Å². The lowest BCUT2D eigenvalue weighted by atomic mass is 10.5. The van der Waals surface area contributed by atoms with Crippen LogP contribution in [0.5, 0.6) is 5.88 Å². The molecule has 0 aliphatic carbocycles. The Labute approximate surface area is 65.7 Å². The lowest BCUT2D eigenvalue weighted by Crippen LogP contribution is -1.99. The van der Waals surface area contributed by atoms with Gasteiger partial charge < -0.3 is 4.74 Å². The zero-order chi connectivity index (χ0) is 7.94. The molecule has 0 aliphatic heterocycles. The predicted molar refractivity (Wildman–Crippen MR) is 39.9 cm³/mol. The maximum absolute atomic E-state index is 10.0. The molecule has 3 heteroatoms. The molecule has 1 aromatic rings. The molecule has 0 aliphatic rings. The summed E-state index contributed by atoms with van der Waals surface area (Å²) in [6.07, 6.45) is 2.20. The van der Waals surface area contributed by atoms with Gasteiger partial charge in [-0.3, -0.25) is 0 Å². The Kier molecular flexibility index (Phi) is 3.41. The van der Waals surface area contributed by atoms with Crippen molar-refractivity contribution in [3.63, 3.8) is 0 Å². The van der Waals surface area contributed by atoms with E-state index in [1.807, 2.05) is 12.1 Å². The SMILES string of the molecule is [O]CCCOc1ccccn1. The van der Waals surface area contributed by atoms with Crippen molar-refractivity contribution in [3.05, 3.63) is 24.4 Å². The normalized spacial score (nSPS) is 9.55. The molecule has 59 valence electrons. The van der Waals surface area contributed by atoms with Gasteiger partial charge in [0.1, 0.15) is 0 Å². The number of nitrogens with zero attached hydrogens (tertiary/aromatic N) is 1. The fraction of sp³-hybridized carbons (Fsp3) is 0.375. The van der Waals surface area contributed by atoms with E-state index >= 15 is 0 Å². The molecule has 1 heterocycles. The fourth-order valence-corrected chi connectivity index (χ4v) is 0.668. The lowest BCUT2D eigenvalue weighted by Gasteiger charge is -2.01. The number of hydrogen-bond donors (Lipinski definition) is 0. The third kappa shape index (κ3) is 3.00. The molecule has 0 saturated carbocycles. The number of pyridine rings is 1. The van der Waals surface area contributed by atoms with Crippen LogP contribution in [-0.4, -0.2) is 18.2 Å². The summed E-state index contributed by atoms with van der Waals surface area (Å²) < 4.78 is 5.14. The van der Waals surface area contributed by atoms with E-state index in [4.69, 9.17) is 4.74 Å². The number of hydrogen-bond acceptors (Lipinski definition) is 2. The maximum atomic E-state index is 10.0. The van der Waals surface area contributed by atoms with Crippen molar-refractivity contribution >= 4 is 0 Å². The largest absolute Gasteiger partial charge is 0.478 e. The molecule has 0 aromatic carbocycles. The Morgan fingerprint density at radius 3 is 3.00 bits per heavy atom. The smallest absolute Gasteiger partial charge is 0.213 e. The predicted octanol–water partition coefficient (Wildman–Crippen LogP) is 1.28. The summed E-state index contributed by atoms with van der Waals surface area (Å²) in [5.74, 6) is 0.584. The summed E-state index contributed by atoms with van der Waals surface area (Å²) in [6.45, 7) is 0.368. The summed E-state index contributed by atoms with van der Waals surface area (Å²) in [5, 5.41) is 10.0. The molecule has 0 bridgehead atoms. The molecule has 0 unspecified atom stereocenters. The highest BCUT2D eigenvalue weighted by atomic mass is 16.5. The van der Waals surface area contributed by atoms with E-state index in [0.29, 0.717) is 18.9 Å². The Bertz CT molecular complexity index is 189. The molecule has 0 spiro atoms. The average Bonchev–Trinajstić information content (AvgIpc) is 2.07. The number of aromatic nitrogens is 1. The molecule has 0 saturated heterocycles. The Balaban J connectivity index is 2.28. The summed E-state index contributed by atoms with van der Waals surface area (Å²) in [4.78, 5) is 3.93. The van der Waals surface area contributed by atoms with Crippen LogP contribution in [-0.2, 0) is 5.11 Å². The Morgan fingerprint density at radius 2 is 2.36 bits per heavy atom. The molecule has 1 rings (SSSR count). The second-order valence-corrected chi connectivity index (χ2v) is 2.07.